The molecular formula is C11H14O3. The van der Waals surface area contributed by atoms with E-state index in [1.165, 1.54) is 0 Å². The molecule has 2 aliphatic rings. The van der Waals surface area contributed by atoms with Gasteiger partial charge in [-0.05, 0) is 11.8 Å². The molecule has 0 saturated carbocycles. The Hall–Kier alpha value is -1.12. The second-order valence-electron chi connectivity index (χ2n) is 4.11. The lowest BCUT2D eigenvalue weighted by Gasteiger charge is -2.29. The number of carbonyl (C=O) groups excluding carboxylic acids is 2. The molecule has 1 heterocycles. The van der Waals surface area contributed by atoms with Crippen molar-refractivity contribution in [3.8, 4) is 0 Å². The minimum Gasteiger partial charge on any atom is -0.392 e. The lowest BCUT2D eigenvalue weighted by atomic mass is 9.71. The molecule has 0 N–H and O–H groups in total. The molecule has 1 fully saturated rings. The third-order valence-corrected chi connectivity index (χ3v) is 3.36. The van der Waals surface area contributed by atoms with E-state index in [1.54, 1.807) is 0 Å². The normalized spacial score (nSPS) is 41.0. The largest absolute Gasteiger partial charge is 0.392 e. The van der Waals surface area contributed by atoms with Gasteiger partial charge in [0.25, 0.3) is 0 Å². The number of ether oxygens (including phenoxy) is 1. The summed E-state index contributed by atoms with van der Waals surface area (Å²) in [4.78, 5) is 22.7. The molecule has 2 rings (SSSR count). The smallest absolute Gasteiger partial charge is 0.321 e. The first-order valence-corrected chi connectivity index (χ1v) is 5.09. The summed E-state index contributed by atoms with van der Waals surface area (Å²) in [5.41, 5.74) is 0. The molecule has 1 aliphatic heterocycles. The molecule has 0 bridgehead atoms. The minimum atomic E-state index is -0.374. The molecule has 4 atom stereocenters. The maximum Gasteiger partial charge on any atom is 0.321 e. The van der Waals surface area contributed by atoms with Gasteiger partial charge in [-0.25, -0.2) is 0 Å². The molecule has 0 aromatic heterocycles. The van der Waals surface area contributed by atoms with E-state index in [0.29, 0.717) is 5.92 Å². The number of fused-ring (bicyclic) bond motifs is 1. The SMILES string of the molecule is CCC1C(C)C=CC2C(=O)OC(=O)C21. The van der Waals surface area contributed by atoms with Crippen LogP contribution in [-0.2, 0) is 14.3 Å². The molecule has 0 radical (unpaired) electrons. The van der Waals surface area contributed by atoms with Gasteiger partial charge in [0, 0.05) is 0 Å². The van der Waals surface area contributed by atoms with Gasteiger partial charge >= 0.3 is 11.9 Å². The third-order valence-electron chi connectivity index (χ3n) is 3.36. The highest BCUT2D eigenvalue weighted by Crippen LogP contribution is 2.40. The molecular weight excluding hydrogens is 180 g/mol. The highest BCUT2D eigenvalue weighted by Gasteiger charge is 2.49. The second-order valence-corrected chi connectivity index (χ2v) is 4.11. The van der Waals surface area contributed by atoms with Crippen molar-refractivity contribution in [1.82, 2.24) is 0 Å². The van der Waals surface area contributed by atoms with Crippen molar-refractivity contribution in [2.75, 3.05) is 0 Å². The van der Waals surface area contributed by atoms with Crippen molar-refractivity contribution in [3.05, 3.63) is 12.2 Å². The number of carbonyl (C=O) groups is 2. The summed E-state index contributed by atoms with van der Waals surface area (Å²) in [6.45, 7) is 4.13. The van der Waals surface area contributed by atoms with Gasteiger partial charge < -0.3 is 4.74 Å². The number of hydrogen-bond acceptors (Lipinski definition) is 3. The Bertz CT molecular complexity index is 306. The van der Waals surface area contributed by atoms with Crippen LogP contribution in [0, 0.1) is 23.7 Å². The van der Waals surface area contributed by atoms with Crippen LogP contribution in [0.1, 0.15) is 20.3 Å². The fourth-order valence-corrected chi connectivity index (χ4v) is 2.56. The van der Waals surface area contributed by atoms with E-state index in [1.807, 2.05) is 19.1 Å². The van der Waals surface area contributed by atoms with Gasteiger partial charge in [0.2, 0.25) is 0 Å². The first-order valence-electron chi connectivity index (χ1n) is 5.09. The molecule has 1 saturated heterocycles. The fourth-order valence-electron chi connectivity index (χ4n) is 2.56. The summed E-state index contributed by atoms with van der Waals surface area (Å²) in [7, 11) is 0. The lowest BCUT2D eigenvalue weighted by molar-refractivity contribution is -0.154. The molecule has 4 unspecified atom stereocenters. The number of esters is 2. The minimum absolute atomic E-state index is 0.229. The van der Waals surface area contributed by atoms with Crippen molar-refractivity contribution >= 4 is 11.9 Å². The molecule has 0 aromatic rings. The predicted molar refractivity (Wildman–Crippen MR) is 50.2 cm³/mol. The lowest BCUT2D eigenvalue weighted by Crippen LogP contribution is -2.32. The van der Waals surface area contributed by atoms with E-state index in [9.17, 15) is 9.59 Å². The van der Waals surface area contributed by atoms with Crippen LogP contribution in [0.5, 0.6) is 0 Å². The number of cyclic esters (lactones) is 2. The van der Waals surface area contributed by atoms with E-state index >= 15 is 0 Å². The van der Waals surface area contributed by atoms with Gasteiger partial charge in [-0.1, -0.05) is 32.4 Å². The quantitative estimate of drug-likeness (QED) is 0.361. The Morgan fingerprint density at radius 2 is 2.00 bits per heavy atom. The van der Waals surface area contributed by atoms with Crippen LogP contribution < -0.4 is 0 Å². The third kappa shape index (κ3) is 1.19. The number of rotatable bonds is 1. The summed E-state index contributed by atoms with van der Waals surface area (Å²) in [5, 5.41) is 0. The molecule has 1 aliphatic carbocycles. The van der Waals surface area contributed by atoms with Crippen LogP contribution >= 0.6 is 0 Å². The Balaban J connectivity index is 2.34. The van der Waals surface area contributed by atoms with Gasteiger partial charge in [0.05, 0.1) is 11.8 Å². The Morgan fingerprint density at radius 1 is 1.29 bits per heavy atom. The standard InChI is InChI=1S/C11H14O3/c1-3-7-6(2)4-5-8-9(7)11(13)14-10(8)12/h4-9H,3H2,1-2H3. The topological polar surface area (TPSA) is 43.4 Å². The van der Waals surface area contributed by atoms with Crippen molar-refractivity contribution in [3.63, 3.8) is 0 Å². The summed E-state index contributed by atoms with van der Waals surface area (Å²) in [6, 6.07) is 0. The molecule has 0 aromatic carbocycles. The molecule has 76 valence electrons. The zero-order valence-electron chi connectivity index (χ0n) is 8.40. The van der Waals surface area contributed by atoms with Gasteiger partial charge in [-0.3, -0.25) is 9.59 Å². The first-order chi connectivity index (χ1) is 6.65. The Morgan fingerprint density at radius 3 is 2.64 bits per heavy atom. The summed E-state index contributed by atoms with van der Waals surface area (Å²) in [6.07, 6.45) is 4.76. The Labute approximate surface area is 83.1 Å². The van der Waals surface area contributed by atoms with Crippen LogP contribution in [0.3, 0.4) is 0 Å². The van der Waals surface area contributed by atoms with Crippen molar-refractivity contribution < 1.29 is 14.3 Å². The van der Waals surface area contributed by atoms with E-state index < -0.39 is 0 Å². The van der Waals surface area contributed by atoms with Crippen LogP contribution in [0.2, 0.25) is 0 Å². The zero-order chi connectivity index (χ0) is 10.3. The zero-order valence-corrected chi connectivity index (χ0v) is 8.40. The van der Waals surface area contributed by atoms with Gasteiger partial charge in [0.15, 0.2) is 0 Å². The van der Waals surface area contributed by atoms with Crippen LogP contribution in [0.4, 0.5) is 0 Å². The van der Waals surface area contributed by atoms with Crippen molar-refractivity contribution in [2.24, 2.45) is 23.7 Å². The van der Waals surface area contributed by atoms with Crippen LogP contribution in [0.25, 0.3) is 0 Å². The number of hydrogen-bond donors (Lipinski definition) is 0. The average Bonchev–Trinajstić information content (AvgIpc) is 2.43. The summed E-state index contributed by atoms with van der Waals surface area (Å²) in [5.74, 6) is -0.635. The maximum atomic E-state index is 11.5. The van der Waals surface area contributed by atoms with Gasteiger partial charge in [0.1, 0.15) is 0 Å². The maximum absolute atomic E-state index is 11.5. The monoisotopic (exact) mass is 194 g/mol. The summed E-state index contributed by atoms with van der Waals surface area (Å²) < 4.78 is 4.66. The summed E-state index contributed by atoms with van der Waals surface area (Å²) >= 11 is 0. The molecule has 14 heavy (non-hydrogen) atoms. The highest BCUT2D eigenvalue weighted by atomic mass is 16.6. The second kappa shape index (κ2) is 3.23. The van der Waals surface area contributed by atoms with Gasteiger partial charge in [-0.15, -0.1) is 0 Å². The fraction of sp³-hybridized carbons (Fsp3) is 0.636. The van der Waals surface area contributed by atoms with E-state index in [2.05, 4.69) is 11.7 Å². The Kier molecular flexibility index (Phi) is 2.17. The van der Waals surface area contributed by atoms with Crippen molar-refractivity contribution in [2.45, 2.75) is 20.3 Å². The van der Waals surface area contributed by atoms with E-state index in [-0.39, 0.29) is 29.7 Å². The number of allylic oxidation sites excluding steroid dienone is 1. The first kappa shape index (κ1) is 9.44. The van der Waals surface area contributed by atoms with Crippen molar-refractivity contribution in [1.29, 1.82) is 0 Å². The van der Waals surface area contributed by atoms with E-state index in [0.717, 1.165) is 6.42 Å². The van der Waals surface area contributed by atoms with E-state index in [4.69, 9.17) is 0 Å². The molecule has 0 spiro atoms. The predicted octanol–water partition coefficient (Wildman–Crippen LogP) is 1.53. The van der Waals surface area contributed by atoms with Crippen LogP contribution in [0.15, 0.2) is 12.2 Å². The highest BCUT2D eigenvalue weighted by molar-refractivity contribution is 5.98. The molecule has 3 heteroatoms. The van der Waals surface area contributed by atoms with Crippen LogP contribution in [-0.4, -0.2) is 11.9 Å². The average molecular weight is 194 g/mol. The molecule has 3 nitrogen and oxygen atoms in total. The molecule has 0 amide bonds. The van der Waals surface area contributed by atoms with Gasteiger partial charge in [-0.2, -0.15) is 0 Å².